The average molecular weight is 434 g/mol. The maximum absolute atomic E-state index is 13.2. The predicted molar refractivity (Wildman–Crippen MR) is 112 cm³/mol. The molecule has 1 aliphatic heterocycles. The van der Waals surface area contributed by atoms with Gasteiger partial charge in [0, 0.05) is 23.8 Å². The number of ether oxygens (including phenoxy) is 1. The van der Waals surface area contributed by atoms with Gasteiger partial charge < -0.3 is 14.7 Å². The number of pyridine rings is 1. The summed E-state index contributed by atoms with van der Waals surface area (Å²) in [6.45, 7) is 6.78. The van der Waals surface area contributed by atoms with Crippen molar-refractivity contribution in [3.63, 3.8) is 0 Å². The minimum absolute atomic E-state index is 0.0957. The number of halogens is 3. The van der Waals surface area contributed by atoms with Crippen LogP contribution in [0.4, 0.5) is 18.9 Å². The summed E-state index contributed by atoms with van der Waals surface area (Å²) in [4.78, 5) is 6.85. The molecule has 0 saturated carbocycles. The molecule has 2 unspecified atom stereocenters. The number of anilines is 1. The Balaban J connectivity index is 1.94. The lowest BCUT2D eigenvalue weighted by molar-refractivity contribution is -0.137. The van der Waals surface area contributed by atoms with E-state index in [-0.39, 0.29) is 11.8 Å². The van der Waals surface area contributed by atoms with Crippen LogP contribution in [-0.4, -0.2) is 45.7 Å². The van der Waals surface area contributed by atoms with Gasteiger partial charge in [0.15, 0.2) is 0 Å². The zero-order chi connectivity index (χ0) is 22.5. The number of nitrogens with zero attached hydrogens (tertiary/aromatic N) is 4. The maximum Gasteiger partial charge on any atom is 0.416 e. The van der Waals surface area contributed by atoms with Crippen molar-refractivity contribution in [2.75, 3.05) is 18.6 Å². The van der Waals surface area contributed by atoms with Gasteiger partial charge in [0.1, 0.15) is 22.5 Å². The molecule has 1 aromatic carbocycles. The number of benzene rings is 1. The third-order valence-corrected chi connectivity index (χ3v) is 5.65. The quantitative estimate of drug-likeness (QED) is 0.644. The minimum Gasteiger partial charge on any atom is -0.496 e. The van der Waals surface area contributed by atoms with Crippen molar-refractivity contribution in [3.05, 3.63) is 35.5 Å². The first-order valence-corrected chi connectivity index (χ1v) is 10.2. The molecule has 1 aliphatic rings. The van der Waals surface area contributed by atoms with Gasteiger partial charge in [-0.1, -0.05) is 6.92 Å². The Labute approximate surface area is 178 Å². The van der Waals surface area contributed by atoms with E-state index < -0.39 is 17.8 Å². The number of hydrogen-bond donors (Lipinski definition) is 1. The standard InChI is InChI=1S/C22H25F3N4O2/c1-5-15-11-29-21-17(28(15)10-13(3)30)8-12(2)26-20(21)19(27-29)16-7-6-14(22(23,24)25)9-18(16)31-4/h6-9,13,15,30H,5,10-11H2,1-4H3. The van der Waals surface area contributed by atoms with E-state index in [1.807, 2.05) is 17.7 Å². The summed E-state index contributed by atoms with van der Waals surface area (Å²) in [5.74, 6) is 0.0957. The van der Waals surface area contributed by atoms with Crippen LogP contribution in [0.15, 0.2) is 24.3 Å². The summed E-state index contributed by atoms with van der Waals surface area (Å²) in [5.41, 5.74) is 3.28. The summed E-state index contributed by atoms with van der Waals surface area (Å²) in [7, 11) is 1.35. The molecule has 0 saturated heterocycles. The van der Waals surface area contributed by atoms with Gasteiger partial charge in [-0.15, -0.1) is 0 Å². The number of hydrogen-bond acceptors (Lipinski definition) is 5. The molecule has 3 aromatic rings. The largest absolute Gasteiger partial charge is 0.496 e. The van der Waals surface area contributed by atoms with Gasteiger partial charge in [-0.2, -0.15) is 18.3 Å². The van der Waals surface area contributed by atoms with Crippen molar-refractivity contribution in [1.82, 2.24) is 14.8 Å². The van der Waals surface area contributed by atoms with Crippen molar-refractivity contribution >= 4 is 16.7 Å². The first-order chi connectivity index (χ1) is 14.6. The molecule has 2 aromatic heterocycles. The van der Waals surface area contributed by atoms with Crippen LogP contribution < -0.4 is 9.64 Å². The molecule has 1 N–H and O–H groups in total. The van der Waals surface area contributed by atoms with Crippen LogP contribution in [0, 0.1) is 6.92 Å². The predicted octanol–water partition coefficient (Wildman–Crippen LogP) is 4.41. The van der Waals surface area contributed by atoms with Crippen LogP contribution in [0.2, 0.25) is 0 Å². The van der Waals surface area contributed by atoms with Crippen LogP contribution in [-0.2, 0) is 12.7 Å². The number of aliphatic hydroxyl groups is 1. The highest BCUT2D eigenvalue weighted by Crippen LogP contribution is 2.42. The van der Waals surface area contributed by atoms with E-state index >= 15 is 0 Å². The Morgan fingerprint density at radius 1 is 1.29 bits per heavy atom. The highest BCUT2D eigenvalue weighted by molar-refractivity contribution is 5.99. The fourth-order valence-electron chi connectivity index (χ4n) is 4.26. The van der Waals surface area contributed by atoms with Crippen LogP contribution in [0.3, 0.4) is 0 Å². The van der Waals surface area contributed by atoms with Crippen LogP contribution in [0.1, 0.15) is 31.5 Å². The smallest absolute Gasteiger partial charge is 0.416 e. The summed E-state index contributed by atoms with van der Waals surface area (Å²) < 4.78 is 46.7. The average Bonchev–Trinajstić information content (AvgIpc) is 3.06. The third kappa shape index (κ3) is 3.71. The van der Waals surface area contributed by atoms with E-state index in [1.54, 1.807) is 6.92 Å². The maximum atomic E-state index is 13.2. The van der Waals surface area contributed by atoms with E-state index in [1.165, 1.54) is 13.2 Å². The molecule has 3 heterocycles. The summed E-state index contributed by atoms with van der Waals surface area (Å²) in [5, 5.41) is 14.8. The van der Waals surface area contributed by atoms with Gasteiger partial charge in [-0.05, 0) is 44.5 Å². The summed E-state index contributed by atoms with van der Waals surface area (Å²) >= 11 is 0. The first kappa shape index (κ1) is 21.4. The normalized spacial score (nSPS) is 17.3. The van der Waals surface area contributed by atoms with Gasteiger partial charge in [0.2, 0.25) is 0 Å². The van der Waals surface area contributed by atoms with Gasteiger partial charge >= 0.3 is 6.18 Å². The number of aliphatic hydroxyl groups excluding tert-OH is 1. The highest BCUT2D eigenvalue weighted by Gasteiger charge is 2.34. The third-order valence-electron chi connectivity index (χ3n) is 5.65. The SMILES string of the molecule is CCC1Cn2nc(-c3ccc(C(F)(F)F)cc3OC)c3nc(C)cc(c32)N1CC(C)O. The monoisotopic (exact) mass is 434 g/mol. The zero-order valence-electron chi connectivity index (χ0n) is 17.9. The van der Waals surface area contributed by atoms with Gasteiger partial charge in [0.05, 0.1) is 31.0 Å². The summed E-state index contributed by atoms with van der Waals surface area (Å²) in [6, 6.07) is 5.52. The van der Waals surface area contributed by atoms with Crippen molar-refractivity contribution in [1.29, 1.82) is 0 Å². The van der Waals surface area contributed by atoms with Crippen molar-refractivity contribution in [3.8, 4) is 17.0 Å². The van der Waals surface area contributed by atoms with Crippen molar-refractivity contribution in [2.24, 2.45) is 0 Å². The van der Waals surface area contributed by atoms with E-state index in [0.29, 0.717) is 29.9 Å². The lowest BCUT2D eigenvalue weighted by Gasteiger charge is -2.38. The molecule has 0 radical (unpaired) electrons. The fraction of sp³-hybridized carbons (Fsp3) is 0.455. The van der Waals surface area contributed by atoms with Gasteiger partial charge in [0.25, 0.3) is 0 Å². The van der Waals surface area contributed by atoms with E-state index in [0.717, 1.165) is 35.5 Å². The fourth-order valence-corrected chi connectivity index (χ4v) is 4.26. The number of rotatable bonds is 5. The van der Waals surface area contributed by atoms with E-state index in [9.17, 15) is 18.3 Å². The van der Waals surface area contributed by atoms with Gasteiger partial charge in [-0.25, -0.2) is 4.98 Å². The van der Waals surface area contributed by atoms with E-state index in [2.05, 4.69) is 16.8 Å². The first-order valence-electron chi connectivity index (χ1n) is 10.2. The number of β-amino-alcohol motifs (C(OH)–C–C–N with tert-alkyl or cyclic N) is 1. The highest BCUT2D eigenvalue weighted by atomic mass is 19.4. The molecule has 31 heavy (non-hydrogen) atoms. The number of alkyl halides is 3. The van der Waals surface area contributed by atoms with Crippen LogP contribution in [0.25, 0.3) is 22.3 Å². The van der Waals surface area contributed by atoms with Crippen molar-refractivity contribution in [2.45, 2.75) is 52.1 Å². The molecule has 9 heteroatoms. The Morgan fingerprint density at radius 2 is 2.03 bits per heavy atom. The summed E-state index contributed by atoms with van der Waals surface area (Å²) in [6.07, 6.45) is -4.12. The number of aromatic nitrogens is 3. The molecule has 4 rings (SSSR count). The Kier molecular flexibility index (Phi) is 5.33. The topological polar surface area (TPSA) is 63.4 Å². The number of aryl methyl sites for hydroxylation is 1. The Bertz CT molecular complexity index is 1120. The second-order valence-corrected chi connectivity index (χ2v) is 7.99. The molecular weight excluding hydrogens is 409 g/mol. The molecule has 0 bridgehead atoms. The van der Waals surface area contributed by atoms with E-state index in [4.69, 9.17) is 9.84 Å². The zero-order valence-corrected chi connectivity index (χ0v) is 17.9. The lowest BCUT2D eigenvalue weighted by atomic mass is 10.0. The molecule has 0 aliphatic carbocycles. The molecule has 2 atom stereocenters. The lowest BCUT2D eigenvalue weighted by Crippen LogP contribution is -2.45. The number of methoxy groups -OCH3 is 1. The van der Waals surface area contributed by atoms with Gasteiger partial charge in [-0.3, -0.25) is 4.68 Å². The minimum atomic E-state index is -4.46. The molecule has 6 nitrogen and oxygen atoms in total. The molecule has 0 amide bonds. The van der Waals surface area contributed by atoms with Crippen LogP contribution >= 0.6 is 0 Å². The second kappa shape index (κ2) is 7.71. The Morgan fingerprint density at radius 3 is 2.65 bits per heavy atom. The molecule has 166 valence electrons. The Hall–Kier alpha value is -2.81. The second-order valence-electron chi connectivity index (χ2n) is 7.99. The molecule has 0 fully saturated rings. The van der Waals surface area contributed by atoms with Crippen molar-refractivity contribution < 1.29 is 23.0 Å². The van der Waals surface area contributed by atoms with Crippen LogP contribution in [0.5, 0.6) is 5.75 Å². The molecular formula is C22H25F3N4O2. The molecule has 0 spiro atoms.